The van der Waals surface area contributed by atoms with Crippen molar-refractivity contribution in [2.24, 2.45) is 0 Å². The second kappa shape index (κ2) is 9.86. The van der Waals surface area contributed by atoms with Crippen molar-refractivity contribution in [1.82, 2.24) is 10.1 Å². The van der Waals surface area contributed by atoms with Crippen LogP contribution in [-0.2, 0) is 4.79 Å². The van der Waals surface area contributed by atoms with Crippen LogP contribution in [0.4, 0.5) is 5.69 Å². The number of hydrogen-bond donors (Lipinski definition) is 1. The minimum absolute atomic E-state index is 0.287. The summed E-state index contributed by atoms with van der Waals surface area (Å²) in [5.74, 6) is 2.16. The maximum atomic E-state index is 12.8. The van der Waals surface area contributed by atoms with Gasteiger partial charge in [0.05, 0.1) is 25.5 Å². The zero-order chi connectivity index (χ0) is 23.2. The van der Waals surface area contributed by atoms with Gasteiger partial charge in [-0.15, -0.1) is 0 Å². The number of carbonyl (C=O) groups excluding carboxylic acids is 1. The molecular weight excluding hydrogens is 422 g/mol. The molecule has 3 aromatic carbocycles. The zero-order valence-corrected chi connectivity index (χ0v) is 18.4. The number of nitrogens with zero attached hydrogens (tertiary/aromatic N) is 2. The third-order valence-electron chi connectivity index (χ3n) is 4.93. The number of para-hydroxylation sites is 3. The first kappa shape index (κ1) is 21.9. The average molecular weight is 445 g/mol. The van der Waals surface area contributed by atoms with E-state index in [9.17, 15) is 4.79 Å². The lowest BCUT2D eigenvalue weighted by Crippen LogP contribution is -2.30. The maximum absolute atomic E-state index is 12.8. The fourth-order valence-corrected chi connectivity index (χ4v) is 3.16. The number of amides is 1. The van der Waals surface area contributed by atoms with Crippen LogP contribution in [0, 0.1) is 0 Å². The van der Waals surface area contributed by atoms with Crippen LogP contribution in [0.3, 0.4) is 0 Å². The van der Waals surface area contributed by atoms with Crippen LogP contribution in [0.25, 0.3) is 22.8 Å². The van der Waals surface area contributed by atoms with Gasteiger partial charge in [0, 0.05) is 5.56 Å². The topological polar surface area (TPSA) is 95.7 Å². The van der Waals surface area contributed by atoms with Crippen molar-refractivity contribution in [2.75, 3.05) is 19.5 Å². The maximum Gasteiger partial charge on any atom is 0.265 e. The van der Waals surface area contributed by atoms with Crippen molar-refractivity contribution in [3.8, 4) is 40.1 Å². The van der Waals surface area contributed by atoms with Crippen molar-refractivity contribution in [3.05, 3.63) is 72.8 Å². The highest BCUT2D eigenvalue weighted by Crippen LogP contribution is 2.30. The van der Waals surface area contributed by atoms with Gasteiger partial charge in [0.15, 0.2) is 17.6 Å². The van der Waals surface area contributed by atoms with Gasteiger partial charge in [-0.25, -0.2) is 0 Å². The first-order chi connectivity index (χ1) is 16.1. The molecule has 1 heterocycles. The van der Waals surface area contributed by atoms with Crippen molar-refractivity contribution in [1.29, 1.82) is 0 Å². The van der Waals surface area contributed by atoms with Crippen LogP contribution >= 0.6 is 0 Å². The van der Waals surface area contributed by atoms with Crippen molar-refractivity contribution >= 4 is 11.6 Å². The summed E-state index contributed by atoms with van der Waals surface area (Å²) in [6, 6.07) is 21.7. The van der Waals surface area contributed by atoms with E-state index in [-0.39, 0.29) is 11.8 Å². The van der Waals surface area contributed by atoms with Crippen LogP contribution in [-0.4, -0.2) is 36.4 Å². The molecule has 4 aromatic rings. The normalized spacial score (nSPS) is 11.5. The molecule has 0 aliphatic heterocycles. The molecule has 0 radical (unpaired) electrons. The fraction of sp³-hybridized carbons (Fsp3) is 0.160. The summed E-state index contributed by atoms with van der Waals surface area (Å²) in [5.41, 5.74) is 1.91. The number of anilines is 1. The van der Waals surface area contributed by atoms with E-state index >= 15 is 0 Å². The smallest absolute Gasteiger partial charge is 0.265 e. The van der Waals surface area contributed by atoms with Crippen molar-refractivity contribution in [3.63, 3.8) is 0 Å². The SMILES string of the molecule is COc1ccc(-c2noc(-c3ccccc3NC(=O)[C@H](C)Oc3ccccc3OC)n2)cc1. The molecule has 0 spiro atoms. The van der Waals surface area contributed by atoms with Gasteiger partial charge < -0.3 is 24.1 Å². The number of ether oxygens (including phenoxy) is 3. The number of benzene rings is 3. The van der Waals surface area contributed by atoms with Crippen molar-refractivity contribution in [2.45, 2.75) is 13.0 Å². The van der Waals surface area contributed by atoms with E-state index in [1.165, 1.54) is 0 Å². The third-order valence-corrected chi connectivity index (χ3v) is 4.93. The van der Waals surface area contributed by atoms with E-state index in [0.717, 1.165) is 11.3 Å². The van der Waals surface area contributed by atoms with Crippen LogP contribution in [0.15, 0.2) is 77.3 Å². The van der Waals surface area contributed by atoms with E-state index in [1.54, 1.807) is 45.4 Å². The predicted molar refractivity (Wildman–Crippen MR) is 123 cm³/mol. The highest BCUT2D eigenvalue weighted by molar-refractivity contribution is 5.97. The van der Waals surface area contributed by atoms with Crippen LogP contribution < -0.4 is 19.5 Å². The average Bonchev–Trinajstić information content (AvgIpc) is 3.35. The molecular formula is C25H23N3O5. The molecule has 1 atom stereocenters. The molecule has 1 aromatic heterocycles. The monoisotopic (exact) mass is 445 g/mol. The summed E-state index contributed by atoms with van der Waals surface area (Å²) in [6.45, 7) is 1.67. The lowest BCUT2D eigenvalue weighted by Gasteiger charge is -2.17. The molecule has 0 aliphatic carbocycles. The number of aromatic nitrogens is 2. The van der Waals surface area contributed by atoms with Crippen molar-refractivity contribution < 1.29 is 23.5 Å². The Balaban J connectivity index is 1.52. The van der Waals surface area contributed by atoms with Gasteiger partial charge in [0.25, 0.3) is 11.8 Å². The standard InChI is InChI=1S/C25H23N3O5/c1-16(32-22-11-7-6-10-21(22)31-3)24(29)26-20-9-5-4-8-19(20)25-27-23(28-33-25)17-12-14-18(30-2)15-13-17/h4-16H,1-3H3,(H,26,29)/t16-/m0/s1. The van der Waals surface area contributed by atoms with E-state index in [4.69, 9.17) is 18.7 Å². The van der Waals surface area contributed by atoms with E-state index < -0.39 is 6.10 Å². The number of methoxy groups -OCH3 is 2. The van der Waals surface area contributed by atoms with Gasteiger partial charge in [0.2, 0.25) is 5.82 Å². The molecule has 0 fully saturated rings. The van der Waals surface area contributed by atoms with Gasteiger partial charge in [-0.2, -0.15) is 4.98 Å². The number of hydrogen-bond acceptors (Lipinski definition) is 7. The minimum atomic E-state index is -0.771. The molecule has 8 heteroatoms. The Labute approximate surface area is 191 Å². The first-order valence-electron chi connectivity index (χ1n) is 10.3. The summed E-state index contributed by atoms with van der Waals surface area (Å²) in [6.07, 6.45) is -0.771. The second-order valence-corrected chi connectivity index (χ2v) is 7.10. The van der Waals surface area contributed by atoms with E-state index in [0.29, 0.717) is 28.6 Å². The molecule has 0 aliphatic rings. The minimum Gasteiger partial charge on any atom is -0.497 e. The van der Waals surface area contributed by atoms with Crippen LogP contribution in [0.5, 0.6) is 17.2 Å². The summed E-state index contributed by atoms with van der Waals surface area (Å²) >= 11 is 0. The van der Waals surface area contributed by atoms with Crippen LogP contribution in [0.1, 0.15) is 6.92 Å². The lowest BCUT2D eigenvalue weighted by atomic mass is 10.1. The Morgan fingerprint density at radius 2 is 1.61 bits per heavy atom. The zero-order valence-electron chi connectivity index (χ0n) is 18.4. The van der Waals surface area contributed by atoms with Gasteiger partial charge in [-0.05, 0) is 55.5 Å². The van der Waals surface area contributed by atoms with Gasteiger partial charge in [-0.1, -0.05) is 29.4 Å². The molecule has 0 saturated heterocycles. The first-order valence-corrected chi connectivity index (χ1v) is 10.3. The molecule has 4 rings (SSSR count). The Morgan fingerprint density at radius 3 is 2.33 bits per heavy atom. The predicted octanol–water partition coefficient (Wildman–Crippen LogP) is 4.83. The van der Waals surface area contributed by atoms with E-state index in [1.807, 2.05) is 48.5 Å². The molecule has 1 N–H and O–H groups in total. The Kier molecular flexibility index (Phi) is 6.54. The Morgan fingerprint density at radius 1 is 0.909 bits per heavy atom. The highest BCUT2D eigenvalue weighted by Gasteiger charge is 2.20. The van der Waals surface area contributed by atoms with E-state index in [2.05, 4.69) is 15.5 Å². The highest BCUT2D eigenvalue weighted by atomic mass is 16.5. The molecule has 0 bridgehead atoms. The molecule has 168 valence electrons. The second-order valence-electron chi connectivity index (χ2n) is 7.10. The third kappa shape index (κ3) is 4.95. The fourth-order valence-electron chi connectivity index (χ4n) is 3.16. The Bertz CT molecular complexity index is 1240. The molecule has 1 amide bonds. The molecule has 8 nitrogen and oxygen atoms in total. The summed E-state index contributed by atoms with van der Waals surface area (Å²) in [4.78, 5) is 17.3. The Hall–Kier alpha value is -4.33. The molecule has 33 heavy (non-hydrogen) atoms. The number of rotatable bonds is 8. The number of nitrogens with one attached hydrogen (secondary N) is 1. The van der Waals surface area contributed by atoms with Gasteiger partial charge in [0.1, 0.15) is 5.75 Å². The quantitative estimate of drug-likeness (QED) is 0.415. The molecule has 0 saturated carbocycles. The summed E-state index contributed by atoms with van der Waals surface area (Å²) in [5, 5.41) is 6.95. The summed E-state index contributed by atoms with van der Waals surface area (Å²) in [7, 11) is 3.16. The van der Waals surface area contributed by atoms with Gasteiger partial charge in [-0.3, -0.25) is 4.79 Å². The summed E-state index contributed by atoms with van der Waals surface area (Å²) < 4.78 is 21.7. The lowest BCUT2D eigenvalue weighted by molar-refractivity contribution is -0.122. The van der Waals surface area contributed by atoms with Crippen LogP contribution in [0.2, 0.25) is 0 Å². The number of carbonyl (C=O) groups is 1. The largest absolute Gasteiger partial charge is 0.497 e. The van der Waals surface area contributed by atoms with Gasteiger partial charge >= 0.3 is 0 Å². The molecule has 0 unspecified atom stereocenters.